The highest BCUT2D eigenvalue weighted by molar-refractivity contribution is 7.80. The number of carboxylic acid groups (broad SMARTS) is 1. The second-order valence-electron chi connectivity index (χ2n) is 7.17. The Hall–Kier alpha value is -3.22. The maximum absolute atomic E-state index is 11.7. The predicted molar refractivity (Wildman–Crippen MR) is 127 cm³/mol. The Morgan fingerprint density at radius 3 is 1.70 bits per heavy atom. The van der Waals surface area contributed by atoms with E-state index in [0.29, 0.717) is 0 Å². The van der Waals surface area contributed by atoms with Gasteiger partial charge in [-0.15, -0.1) is 0 Å². The first-order valence-electron chi connectivity index (χ1n) is 9.98. The Kier molecular flexibility index (Phi) is 6.07. The summed E-state index contributed by atoms with van der Waals surface area (Å²) >= 11 is 0. The van der Waals surface area contributed by atoms with Gasteiger partial charge in [0.2, 0.25) is 0 Å². The van der Waals surface area contributed by atoms with Gasteiger partial charge in [-0.1, -0.05) is 109 Å². The Balaban J connectivity index is 1.95. The fourth-order valence-electron chi connectivity index (χ4n) is 3.73. The van der Waals surface area contributed by atoms with E-state index in [0.717, 1.165) is 16.7 Å². The average Bonchev–Trinajstić information content (AvgIpc) is 2.80. The lowest BCUT2D eigenvalue weighted by Gasteiger charge is -2.24. The third-order valence-corrected chi connectivity index (χ3v) is 7.76. The van der Waals surface area contributed by atoms with Crippen LogP contribution >= 0.6 is 7.92 Å². The van der Waals surface area contributed by atoms with Gasteiger partial charge in [0.05, 0.1) is 5.92 Å². The summed E-state index contributed by atoms with van der Waals surface area (Å²) in [6, 6.07) is 37.4. The predicted octanol–water partition coefficient (Wildman–Crippen LogP) is 5.30. The molecule has 0 aromatic heterocycles. The number of rotatable bonds is 6. The van der Waals surface area contributed by atoms with Crippen molar-refractivity contribution in [3.63, 3.8) is 0 Å². The van der Waals surface area contributed by atoms with E-state index in [-0.39, 0.29) is 0 Å². The SMILES string of the molecule is CC(C(=O)O)c1ccccc1-c1ccccc1P(c1ccccc1)c1ccccc1. The Labute approximate surface area is 178 Å². The molecule has 0 radical (unpaired) electrons. The summed E-state index contributed by atoms with van der Waals surface area (Å²) in [6.07, 6.45) is 0. The highest BCUT2D eigenvalue weighted by Crippen LogP contribution is 2.38. The van der Waals surface area contributed by atoms with Crippen LogP contribution in [0.1, 0.15) is 18.4 Å². The van der Waals surface area contributed by atoms with E-state index in [2.05, 4.69) is 66.7 Å². The minimum Gasteiger partial charge on any atom is -0.481 e. The molecule has 0 aliphatic heterocycles. The summed E-state index contributed by atoms with van der Waals surface area (Å²) in [4.78, 5) is 11.7. The number of hydrogen-bond acceptors (Lipinski definition) is 1. The molecule has 0 aliphatic rings. The molecule has 0 saturated heterocycles. The van der Waals surface area contributed by atoms with Crippen LogP contribution in [0.15, 0.2) is 109 Å². The van der Waals surface area contributed by atoms with Crippen molar-refractivity contribution < 1.29 is 9.90 Å². The lowest BCUT2D eigenvalue weighted by molar-refractivity contribution is -0.138. The second-order valence-corrected chi connectivity index (χ2v) is 9.36. The van der Waals surface area contributed by atoms with Crippen LogP contribution in [-0.2, 0) is 4.79 Å². The fourth-order valence-corrected chi connectivity index (χ4v) is 6.20. The molecule has 30 heavy (non-hydrogen) atoms. The van der Waals surface area contributed by atoms with E-state index < -0.39 is 19.8 Å². The van der Waals surface area contributed by atoms with Crippen LogP contribution in [0.2, 0.25) is 0 Å². The number of carboxylic acids is 1. The van der Waals surface area contributed by atoms with Crippen molar-refractivity contribution in [1.29, 1.82) is 0 Å². The lowest BCUT2D eigenvalue weighted by Crippen LogP contribution is -2.22. The molecule has 0 fully saturated rings. The number of carbonyl (C=O) groups is 1. The van der Waals surface area contributed by atoms with E-state index >= 15 is 0 Å². The smallest absolute Gasteiger partial charge is 0.310 e. The molecule has 1 N–H and O–H groups in total. The molecular weight excluding hydrogens is 387 g/mol. The van der Waals surface area contributed by atoms with E-state index in [9.17, 15) is 9.90 Å². The van der Waals surface area contributed by atoms with Gasteiger partial charge in [0.25, 0.3) is 0 Å². The molecule has 3 heteroatoms. The third-order valence-electron chi connectivity index (χ3n) is 5.26. The first kappa shape index (κ1) is 20.1. The molecule has 0 spiro atoms. The highest BCUT2D eigenvalue weighted by atomic mass is 31.1. The molecule has 0 bridgehead atoms. The molecule has 148 valence electrons. The minimum absolute atomic E-state index is 0.575. The molecule has 0 saturated carbocycles. The molecule has 1 unspecified atom stereocenters. The molecule has 4 rings (SSSR count). The van der Waals surface area contributed by atoms with E-state index in [1.165, 1.54) is 15.9 Å². The van der Waals surface area contributed by atoms with Gasteiger partial charge in [-0.2, -0.15) is 0 Å². The van der Waals surface area contributed by atoms with Crippen molar-refractivity contribution in [2.75, 3.05) is 0 Å². The third kappa shape index (κ3) is 4.06. The van der Waals surface area contributed by atoms with Crippen LogP contribution in [0, 0.1) is 0 Å². The largest absolute Gasteiger partial charge is 0.481 e. The zero-order chi connectivity index (χ0) is 20.9. The number of benzene rings is 4. The summed E-state index contributed by atoms with van der Waals surface area (Å²) in [5.74, 6) is -1.39. The van der Waals surface area contributed by atoms with Gasteiger partial charge in [0.15, 0.2) is 0 Å². The van der Waals surface area contributed by atoms with Crippen LogP contribution in [-0.4, -0.2) is 11.1 Å². The van der Waals surface area contributed by atoms with Crippen molar-refractivity contribution in [3.05, 3.63) is 115 Å². The molecular formula is C27H23O2P. The summed E-state index contributed by atoms with van der Waals surface area (Å²) in [7, 11) is -0.785. The van der Waals surface area contributed by atoms with E-state index in [1.807, 2.05) is 42.5 Å². The topological polar surface area (TPSA) is 37.3 Å². The van der Waals surface area contributed by atoms with Crippen molar-refractivity contribution >= 4 is 29.8 Å². The zero-order valence-corrected chi connectivity index (χ0v) is 17.7. The highest BCUT2D eigenvalue weighted by Gasteiger charge is 2.23. The molecule has 2 nitrogen and oxygen atoms in total. The molecule has 4 aromatic rings. The van der Waals surface area contributed by atoms with Crippen molar-refractivity contribution in [3.8, 4) is 11.1 Å². The molecule has 0 heterocycles. The summed E-state index contributed by atoms with van der Waals surface area (Å²) < 4.78 is 0. The normalized spacial score (nSPS) is 11.9. The van der Waals surface area contributed by atoms with Gasteiger partial charge in [-0.05, 0) is 47.4 Å². The standard InChI is InChI=1S/C27H23O2P/c1-20(27(28)29)23-16-8-9-17-24(23)25-18-10-11-19-26(25)30(21-12-4-2-5-13-21)22-14-6-3-7-15-22/h2-20H,1H3,(H,28,29). The molecule has 1 atom stereocenters. The van der Waals surface area contributed by atoms with Crippen LogP contribution < -0.4 is 15.9 Å². The Morgan fingerprint density at radius 1 is 0.667 bits per heavy atom. The molecule has 0 aliphatic carbocycles. The van der Waals surface area contributed by atoms with Gasteiger partial charge in [0.1, 0.15) is 0 Å². The van der Waals surface area contributed by atoms with Crippen LogP contribution in [0.5, 0.6) is 0 Å². The number of hydrogen-bond donors (Lipinski definition) is 1. The first-order valence-corrected chi connectivity index (χ1v) is 11.3. The fraction of sp³-hybridized carbons (Fsp3) is 0.0741. The van der Waals surface area contributed by atoms with Crippen molar-refractivity contribution in [1.82, 2.24) is 0 Å². The van der Waals surface area contributed by atoms with Crippen LogP contribution in [0.25, 0.3) is 11.1 Å². The average molecular weight is 410 g/mol. The monoisotopic (exact) mass is 410 g/mol. The maximum atomic E-state index is 11.7. The van der Waals surface area contributed by atoms with Gasteiger partial charge in [-0.25, -0.2) is 0 Å². The summed E-state index contributed by atoms with van der Waals surface area (Å²) in [5, 5.41) is 13.4. The number of aliphatic carboxylic acids is 1. The van der Waals surface area contributed by atoms with Gasteiger partial charge >= 0.3 is 5.97 Å². The summed E-state index contributed by atoms with van der Waals surface area (Å²) in [6.45, 7) is 1.75. The lowest BCUT2D eigenvalue weighted by atomic mass is 9.91. The van der Waals surface area contributed by atoms with E-state index in [1.54, 1.807) is 6.92 Å². The van der Waals surface area contributed by atoms with Gasteiger partial charge in [0, 0.05) is 0 Å². The Bertz CT molecular complexity index is 1100. The maximum Gasteiger partial charge on any atom is 0.310 e. The van der Waals surface area contributed by atoms with Gasteiger partial charge < -0.3 is 5.11 Å². The van der Waals surface area contributed by atoms with Crippen molar-refractivity contribution in [2.45, 2.75) is 12.8 Å². The minimum atomic E-state index is -0.812. The van der Waals surface area contributed by atoms with Crippen LogP contribution in [0.4, 0.5) is 0 Å². The van der Waals surface area contributed by atoms with E-state index in [4.69, 9.17) is 0 Å². The summed E-state index contributed by atoms with van der Waals surface area (Å²) in [5.41, 5.74) is 2.93. The second kappa shape index (κ2) is 9.07. The van der Waals surface area contributed by atoms with Crippen molar-refractivity contribution in [2.24, 2.45) is 0 Å². The van der Waals surface area contributed by atoms with Crippen LogP contribution in [0.3, 0.4) is 0 Å². The first-order chi connectivity index (χ1) is 14.7. The Morgan fingerprint density at radius 2 is 1.13 bits per heavy atom. The zero-order valence-electron chi connectivity index (χ0n) is 16.8. The molecule has 0 amide bonds. The quantitative estimate of drug-likeness (QED) is 0.438. The molecule has 4 aromatic carbocycles. The van der Waals surface area contributed by atoms with Gasteiger partial charge in [-0.3, -0.25) is 4.79 Å².